The fourth-order valence-corrected chi connectivity index (χ4v) is 4.47. The molecule has 0 aliphatic heterocycles. The second-order valence-electron chi connectivity index (χ2n) is 6.93. The van der Waals surface area contributed by atoms with E-state index in [1.165, 1.54) is 5.56 Å². The molecule has 0 atom stereocenters. The first-order valence-corrected chi connectivity index (χ1v) is 10.6. The van der Waals surface area contributed by atoms with Gasteiger partial charge in [-0.15, -0.1) is 0 Å². The lowest BCUT2D eigenvalue weighted by atomic mass is 9.96. The number of nitrogen functional groups attached to an aromatic ring is 1. The van der Waals surface area contributed by atoms with Crippen molar-refractivity contribution in [1.29, 1.82) is 0 Å². The normalized spacial score (nSPS) is 10.9. The number of halogens is 2. The molecule has 3 nitrogen and oxygen atoms in total. The van der Waals surface area contributed by atoms with Gasteiger partial charge in [-0.1, -0.05) is 44.2 Å². The van der Waals surface area contributed by atoms with Crippen molar-refractivity contribution in [3.8, 4) is 17.2 Å². The first-order chi connectivity index (χ1) is 13.4. The molecule has 0 amide bonds. The average molecular weight is 505 g/mol. The maximum absolute atomic E-state index is 6.38. The van der Waals surface area contributed by atoms with Gasteiger partial charge in [-0.3, -0.25) is 0 Å². The summed E-state index contributed by atoms with van der Waals surface area (Å²) < 4.78 is 13.6. The standard InChI is InChI=1S/C23H23Br2NO2/c1-14(2)18-13-21(28-23-19(24)11-17(26)12-20(23)25)16(10-22(18)27-3)9-15-7-5-4-6-8-15/h4-8,10-14H,9,26H2,1-3H3. The zero-order chi connectivity index (χ0) is 20.3. The minimum atomic E-state index is 0.307. The SMILES string of the molecule is COc1cc(Cc2ccccc2)c(Oc2c(Br)cc(N)cc2Br)cc1C(C)C. The van der Waals surface area contributed by atoms with Crippen LogP contribution in [0.15, 0.2) is 63.5 Å². The molecule has 146 valence electrons. The molecule has 0 heterocycles. The van der Waals surface area contributed by atoms with Crippen LogP contribution in [-0.2, 0) is 6.42 Å². The summed E-state index contributed by atoms with van der Waals surface area (Å²) in [7, 11) is 1.71. The van der Waals surface area contributed by atoms with E-state index in [4.69, 9.17) is 15.2 Å². The Balaban J connectivity index is 2.10. The van der Waals surface area contributed by atoms with E-state index < -0.39 is 0 Å². The number of ether oxygens (including phenoxy) is 2. The predicted octanol–water partition coefficient (Wildman–Crippen LogP) is 7.31. The van der Waals surface area contributed by atoms with Gasteiger partial charge in [-0.25, -0.2) is 0 Å². The number of hydrogen-bond acceptors (Lipinski definition) is 3. The zero-order valence-corrected chi connectivity index (χ0v) is 19.3. The first kappa shape index (κ1) is 20.7. The van der Waals surface area contributed by atoms with Crippen LogP contribution in [0.3, 0.4) is 0 Å². The smallest absolute Gasteiger partial charge is 0.155 e. The van der Waals surface area contributed by atoms with Gasteiger partial charge in [-0.05, 0) is 67.6 Å². The van der Waals surface area contributed by atoms with E-state index in [-0.39, 0.29) is 0 Å². The van der Waals surface area contributed by atoms with Crippen LogP contribution in [0.1, 0.15) is 36.5 Å². The molecule has 0 unspecified atom stereocenters. The van der Waals surface area contributed by atoms with Crippen molar-refractivity contribution in [2.45, 2.75) is 26.2 Å². The predicted molar refractivity (Wildman–Crippen MR) is 123 cm³/mol. The topological polar surface area (TPSA) is 44.5 Å². The summed E-state index contributed by atoms with van der Waals surface area (Å²) in [6.45, 7) is 4.29. The van der Waals surface area contributed by atoms with Crippen molar-refractivity contribution in [3.05, 3.63) is 80.2 Å². The fourth-order valence-electron chi connectivity index (χ4n) is 3.08. The maximum Gasteiger partial charge on any atom is 0.155 e. The highest BCUT2D eigenvalue weighted by atomic mass is 79.9. The number of hydrogen-bond donors (Lipinski definition) is 1. The second kappa shape index (κ2) is 9.01. The third kappa shape index (κ3) is 4.70. The van der Waals surface area contributed by atoms with Crippen LogP contribution in [0.2, 0.25) is 0 Å². The Morgan fingerprint density at radius 3 is 2.14 bits per heavy atom. The Labute approximate surface area is 183 Å². The Hall–Kier alpha value is -1.98. The summed E-state index contributed by atoms with van der Waals surface area (Å²) in [5.41, 5.74) is 9.96. The van der Waals surface area contributed by atoms with Crippen LogP contribution in [0.25, 0.3) is 0 Å². The molecule has 0 aliphatic rings. The van der Waals surface area contributed by atoms with Crippen molar-refractivity contribution >= 4 is 37.5 Å². The molecule has 0 saturated carbocycles. The molecule has 3 aromatic carbocycles. The molecule has 2 N–H and O–H groups in total. The maximum atomic E-state index is 6.38. The Morgan fingerprint density at radius 1 is 0.929 bits per heavy atom. The molecule has 0 spiro atoms. The monoisotopic (exact) mass is 503 g/mol. The molecule has 0 fully saturated rings. The second-order valence-corrected chi connectivity index (χ2v) is 8.64. The summed E-state index contributed by atoms with van der Waals surface area (Å²) in [5, 5.41) is 0. The molecule has 0 radical (unpaired) electrons. The fraction of sp³-hybridized carbons (Fsp3) is 0.217. The molecular formula is C23H23Br2NO2. The summed E-state index contributed by atoms with van der Waals surface area (Å²) in [6.07, 6.45) is 0.745. The van der Waals surface area contributed by atoms with Crippen molar-refractivity contribution in [2.75, 3.05) is 12.8 Å². The van der Waals surface area contributed by atoms with Crippen LogP contribution in [-0.4, -0.2) is 7.11 Å². The lowest BCUT2D eigenvalue weighted by molar-refractivity contribution is 0.404. The van der Waals surface area contributed by atoms with Crippen molar-refractivity contribution in [2.24, 2.45) is 0 Å². The minimum absolute atomic E-state index is 0.307. The van der Waals surface area contributed by atoms with E-state index in [0.717, 1.165) is 38.0 Å². The molecule has 0 bridgehead atoms. The average Bonchev–Trinajstić information content (AvgIpc) is 2.65. The summed E-state index contributed by atoms with van der Waals surface area (Å²) in [5.74, 6) is 2.69. The molecule has 0 aromatic heterocycles. The van der Waals surface area contributed by atoms with E-state index in [1.54, 1.807) is 7.11 Å². The van der Waals surface area contributed by atoms with Gasteiger partial charge in [-0.2, -0.15) is 0 Å². The van der Waals surface area contributed by atoms with Gasteiger partial charge in [0.1, 0.15) is 11.5 Å². The van der Waals surface area contributed by atoms with Crippen molar-refractivity contribution < 1.29 is 9.47 Å². The van der Waals surface area contributed by atoms with E-state index in [2.05, 4.69) is 70.0 Å². The van der Waals surface area contributed by atoms with E-state index in [9.17, 15) is 0 Å². The van der Waals surface area contributed by atoms with E-state index in [0.29, 0.717) is 17.4 Å². The summed E-state index contributed by atoms with van der Waals surface area (Å²) in [4.78, 5) is 0. The van der Waals surface area contributed by atoms with Gasteiger partial charge in [0.25, 0.3) is 0 Å². The van der Waals surface area contributed by atoms with Crippen LogP contribution in [0.4, 0.5) is 5.69 Å². The lowest BCUT2D eigenvalue weighted by Gasteiger charge is -2.19. The van der Waals surface area contributed by atoms with Gasteiger partial charge in [0.05, 0.1) is 16.1 Å². The first-order valence-electron chi connectivity index (χ1n) is 9.06. The highest BCUT2D eigenvalue weighted by Gasteiger charge is 2.17. The van der Waals surface area contributed by atoms with Gasteiger partial charge < -0.3 is 15.2 Å². The molecule has 3 rings (SSSR count). The van der Waals surface area contributed by atoms with E-state index >= 15 is 0 Å². The van der Waals surface area contributed by atoms with Crippen molar-refractivity contribution in [1.82, 2.24) is 0 Å². The Kier molecular flexibility index (Phi) is 6.68. The Morgan fingerprint density at radius 2 is 1.57 bits per heavy atom. The van der Waals surface area contributed by atoms with Gasteiger partial charge in [0.2, 0.25) is 0 Å². The van der Waals surface area contributed by atoms with Crippen LogP contribution in [0, 0.1) is 0 Å². The van der Waals surface area contributed by atoms with Gasteiger partial charge in [0, 0.05) is 23.2 Å². The van der Waals surface area contributed by atoms with E-state index in [1.807, 2.05) is 30.3 Å². The lowest BCUT2D eigenvalue weighted by Crippen LogP contribution is -2.01. The molecule has 0 saturated heterocycles. The number of rotatable bonds is 6. The van der Waals surface area contributed by atoms with Gasteiger partial charge in [0.15, 0.2) is 5.75 Å². The third-order valence-corrected chi connectivity index (χ3v) is 5.68. The highest BCUT2D eigenvalue weighted by molar-refractivity contribution is 9.11. The van der Waals surface area contributed by atoms with Crippen LogP contribution in [0.5, 0.6) is 17.2 Å². The largest absolute Gasteiger partial charge is 0.496 e. The molecule has 3 aromatic rings. The number of nitrogens with two attached hydrogens (primary N) is 1. The number of methoxy groups -OCH3 is 1. The number of benzene rings is 3. The van der Waals surface area contributed by atoms with Gasteiger partial charge >= 0.3 is 0 Å². The highest BCUT2D eigenvalue weighted by Crippen LogP contribution is 2.42. The molecular weight excluding hydrogens is 482 g/mol. The minimum Gasteiger partial charge on any atom is -0.496 e. The summed E-state index contributed by atoms with van der Waals surface area (Å²) >= 11 is 7.13. The third-order valence-electron chi connectivity index (χ3n) is 4.50. The number of anilines is 1. The molecule has 5 heteroatoms. The van der Waals surface area contributed by atoms with Crippen molar-refractivity contribution in [3.63, 3.8) is 0 Å². The quantitative estimate of drug-likeness (QED) is 0.358. The van der Waals surface area contributed by atoms with Crippen LogP contribution >= 0.6 is 31.9 Å². The Bertz CT molecular complexity index is 949. The molecule has 0 aliphatic carbocycles. The summed E-state index contributed by atoms with van der Waals surface area (Å²) in [6, 6.07) is 18.2. The molecule has 28 heavy (non-hydrogen) atoms. The zero-order valence-electron chi connectivity index (χ0n) is 16.1. The van der Waals surface area contributed by atoms with Crippen LogP contribution < -0.4 is 15.2 Å².